The molecule has 5 rings (SSSR count). The van der Waals surface area contributed by atoms with Crippen LogP contribution in [0.3, 0.4) is 0 Å². The average Bonchev–Trinajstić information content (AvgIpc) is 3.21. The second kappa shape index (κ2) is 8.03. The molecule has 2 aromatic rings. The summed E-state index contributed by atoms with van der Waals surface area (Å²) in [5.74, 6) is -1.58. The molecule has 3 aliphatic rings. The number of carbonyl (C=O) groups excluding carboxylic acids is 2. The Morgan fingerprint density at radius 2 is 1.73 bits per heavy atom. The predicted molar refractivity (Wildman–Crippen MR) is 109 cm³/mol. The SMILES string of the molecule is C[C@@H]1[C@H](NC(=O)c2ccc(-c3ccc(NC(=O)C(F)(F)F)cc3)s2)C2CCN1CC2. The lowest BCUT2D eigenvalue weighted by Crippen LogP contribution is -2.62. The van der Waals surface area contributed by atoms with Crippen molar-refractivity contribution in [3.05, 3.63) is 41.3 Å². The van der Waals surface area contributed by atoms with Gasteiger partial charge < -0.3 is 10.6 Å². The Labute approximate surface area is 176 Å². The van der Waals surface area contributed by atoms with Gasteiger partial charge in [0.2, 0.25) is 0 Å². The number of fused-ring (bicyclic) bond motifs is 3. The first kappa shape index (κ1) is 20.9. The van der Waals surface area contributed by atoms with Gasteiger partial charge in [-0.3, -0.25) is 14.5 Å². The molecule has 3 saturated heterocycles. The summed E-state index contributed by atoms with van der Waals surface area (Å²) in [5.41, 5.74) is 0.826. The van der Waals surface area contributed by atoms with Gasteiger partial charge in [0.15, 0.2) is 0 Å². The smallest absolute Gasteiger partial charge is 0.347 e. The van der Waals surface area contributed by atoms with Crippen molar-refractivity contribution in [2.45, 2.75) is 38.0 Å². The van der Waals surface area contributed by atoms with E-state index in [-0.39, 0.29) is 17.6 Å². The van der Waals surface area contributed by atoms with Gasteiger partial charge in [-0.1, -0.05) is 12.1 Å². The molecule has 9 heteroatoms. The Balaban J connectivity index is 1.41. The van der Waals surface area contributed by atoms with E-state index >= 15 is 0 Å². The molecule has 0 spiro atoms. The van der Waals surface area contributed by atoms with E-state index < -0.39 is 12.1 Å². The van der Waals surface area contributed by atoms with Crippen LogP contribution in [0.4, 0.5) is 18.9 Å². The molecule has 3 aliphatic heterocycles. The molecule has 160 valence electrons. The number of piperidine rings is 3. The zero-order chi connectivity index (χ0) is 21.5. The third-order valence-electron chi connectivity index (χ3n) is 5.99. The van der Waals surface area contributed by atoms with E-state index in [0.29, 0.717) is 16.8 Å². The maximum Gasteiger partial charge on any atom is 0.471 e. The van der Waals surface area contributed by atoms with Crippen molar-refractivity contribution in [2.24, 2.45) is 5.92 Å². The maximum atomic E-state index is 12.8. The molecule has 0 saturated carbocycles. The molecule has 0 aliphatic carbocycles. The van der Waals surface area contributed by atoms with E-state index in [4.69, 9.17) is 0 Å². The van der Waals surface area contributed by atoms with Crippen molar-refractivity contribution in [3.8, 4) is 10.4 Å². The van der Waals surface area contributed by atoms with E-state index in [0.717, 1.165) is 36.4 Å². The normalized spacial score (nSPS) is 25.7. The lowest BCUT2D eigenvalue weighted by Gasteiger charge is -2.49. The third kappa shape index (κ3) is 4.22. The fourth-order valence-electron chi connectivity index (χ4n) is 4.30. The number of nitrogens with one attached hydrogen (secondary N) is 2. The Kier molecular flexibility index (Phi) is 5.59. The maximum absolute atomic E-state index is 12.8. The van der Waals surface area contributed by atoms with Crippen LogP contribution in [-0.2, 0) is 4.79 Å². The molecule has 1 aromatic heterocycles. The first-order chi connectivity index (χ1) is 14.2. The number of anilines is 1. The molecule has 4 heterocycles. The van der Waals surface area contributed by atoms with Gasteiger partial charge in [-0.25, -0.2) is 0 Å². The number of thiophene rings is 1. The average molecular weight is 437 g/mol. The van der Waals surface area contributed by atoms with E-state index in [1.807, 2.05) is 11.4 Å². The van der Waals surface area contributed by atoms with Gasteiger partial charge in [-0.15, -0.1) is 11.3 Å². The van der Waals surface area contributed by atoms with Gasteiger partial charge in [0.25, 0.3) is 5.91 Å². The zero-order valence-electron chi connectivity index (χ0n) is 16.3. The molecule has 2 N–H and O–H groups in total. The summed E-state index contributed by atoms with van der Waals surface area (Å²) in [6, 6.07) is 10.1. The number of amides is 2. The van der Waals surface area contributed by atoms with Gasteiger partial charge >= 0.3 is 12.1 Å². The second-order valence-electron chi connectivity index (χ2n) is 7.81. The second-order valence-corrected chi connectivity index (χ2v) is 8.89. The van der Waals surface area contributed by atoms with Crippen molar-refractivity contribution in [2.75, 3.05) is 18.4 Å². The largest absolute Gasteiger partial charge is 0.471 e. The number of benzene rings is 1. The van der Waals surface area contributed by atoms with Crippen LogP contribution < -0.4 is 10.6 Å². The molecule has 0 radical (unpaired) electrons. The van der Waals surface area contributed by atoms with Crippen LogP contribution in [0.15, 0.2) is 36.4 Å². The lowest BCUT2D eigenvalue weighted by molar-refractivity contribution is -0.167. The monoisotopic (exact) mass is 437 g/mol. The summed E-state index contributed by atoms with van der Waals surface area (Å²) < 4.78 is 37.0. The van der Waals surface area contributed by atoms with Gasteiger partial charge in [0, 0.05) is 22.6 Å². The molecule has 0 unspecified atom stereocenters. The first-order valence-electron chi connectivity index (χ1n) is 9.86. The molecule has 30 heavy (non-hydrogen) atoms. The van der Waals surface area contributed by atoms with Crippen molar-refractivity contribution >= 4 is 28.8 Å². The van der Waals surface area contributed by atoms with Crippen molar-refractivity contribution in [1.82, 2.24) is 10.2 Å². The van der Waals surface area contributed by atoms with Crippen LogP contribution in [0.2, 0.25) is 0 Å². The van der Waals surface area contributed by atoms with Crippen LogP contribution in [0, 0.1) is 5.92 Å². The highest BCUT2D eigenvalue weighted by molar-refractivity contribution is 7.17. The number of hydrogen-bond acceptors (Lipinski definition) is 4. The predicted octanol–water partition coefficient (Wildman–Crippen LogP) is 4.13. The van der Waals surface area contributed by atoms with Gasteiger partial charge in [0.05, 0.1) is 4.88 Å². The standard InChI is InChI=1S/C21H22F3N3O2S/c1-12-18(14-8-10-27(12)11-9-14)26-19(28)17-7-6-16(30-17)13-2-4-15(5-3-13)25-20(29)21(22,23)24/h2-7,12,14,18H,8-11H2,1H3,(H,25,29)(H,26,28)/t12-,18+/m1/s1. The summed E-state index contributed by atoms with van der Waals surface area (Å²) in [7, 11) is 0. The first-order valence-corrected chi connectivity index (χ1v) is 10.7. The summed E-state index contributed by atoms with van der Waals surface area (Å²) in [6.07, 6.45) is -2.70. The minimum atomic E-state index is -4.93. The summed E-state index contributed by atoms with van der Waals surface area (Å²) >= 11 is 1.33. The summed E-state index contributed by atoms with van der Waals surface area (Å²) in [6.45, 7) is 4.36. The number of carbonyl (C=O) groups is 2. The Morgan fingerprint density at radius 1 is 1.07 bits per heavy atom. The van der Waals surface area contributed by atoms with Crippen molar-refractivity contribution in [1.29, 1.82) is 0 Å². The minimum Gasteiger partial charge on any atom is -0.347 e. The number of rotatable bonds is 4. The molecule has 2 bridgehead atoms. The molecule has 1 aromatic carbocycles. The van der Waals surface area contributed by atoms with E-state index in [9.17, 15) is 22.8 Å². The number of halogens is 3. The lowest BCUT2D eigenvalue weighted by atomic mass is 9.79. The number of hydrogen-bond donors (Lipinski definition) is 2. The summed E-state index contributed by atoms with van der Waals surface area (Å²) in [5, 5.41) is 5.02. The Morgan fingerprint density at radius 3 is 2.33 bits per heavy atom. The highest BCUT2D eigenvalue weighted by atomic mass is 32.1. The highest BCUT2D eigenvalue weighted by Crippen LogP contribution is 2.33. The fraction of sp³-hybridized carbons (Fsp3) is 0.429. The van der Waals surface area contributed by atoms with Crippen molar-refractivity contribution in [3.63, 3.8) is 0 Å². The molecule has 2 amide bonds. The molecular formula is C21H22F3N3O2S. The quantitative estimate of drug-likeness (QED) is 0.756. The van der Waals surface area contributed by atoms with E-state index in [2.05, 4.69) is 17.1 Å². The van der Waals surface area contributed by atoms with E-state index in [1.54, 1.807) is 18.2 Å². The molecule has 3 fully saturated rings. The van der Waals surface area contributed by atoms with Gasteiger partial charge in [0.1, 0.15) is 0 Å². The molecule has 5 nitrogen and oxygen atoms in total. The topological polar surface area (TPSA) is 61.4 Å². The highest BCUT2D eigenvalue weighted by Gasteiger charge is 2.40. The minimum absolute atomic E-state index is 0.0620. The Bertz CT molecular complexity index is 932. The van der Waals surface area contributed by atoms with Crippen LogP contribution in [0.25, 0.3) is 10.4 Å². The van der Waals surface area contributed by atoms with Crippen LogP contribution in [0.1, 0.15) is 29.4 Å². The van der Waals surface area contributed by atoms with Crippen LogP contribution in [0.5, 0.6) is 0 Å². The number of nitrogens with zero attached hydrogens (tertiary/aromatic N) is 1. The van der Waals surface area contributed by atoms with Crippen LogP contribution >= 0.6 is 11.3 Å². The molecule has 2 atom stereocenters. The molecular weight excluding hydrogens is 415 g/mol. The van der Waals surface area contributed by atoms with Crippen LogP contribution in [-0.4, -0.2) is 48.1 Å². The number of alkyl halides is 3. The third-order valence-corrected chi connectivity index (χ3v) is 7.12. The van der Waals surface area contributed by atoms with Gasteiger partial charge in [-0.05, 0) is 68.6 Å². The fourth-order valence-corrected chi connectivity index (χ4v) is 5.22. The van der Waals surface area contributed by atoms with E-state index in [1.165, 1.54) is 23.5 Å². The van der Waals surface area contributed by atoms with Gasteiger partial charge in [-0.2, -0.15) is 13.2 Å². The zero-order valence-corrected chi connectivity index (χ0v) is 17.1. The Hall–Kier alpha value is -2.39. The summed E-state index contributed by atoms with van der Waals surface area (Å²) in [4.78, 5) is 27.6. The van der Waals surface area contributed by atoms with Crippen molar-refractivity contribution < 1.29 is 22.8 Å².